The van der Waals surface area contributed by atoms with Gasteiger partial charge in [0.05, 0.1) is 11.1 Å². The SMILES string of the molecule is O=C(c1ccc(NC2CCNCC2)c2cccnc12)N(Cl)c1ccon1. The highest BCUT2D eigenvalue weighted by atomic mass is 35.5. The molecule has 0 atom stereocenters. The zero-order chi connectivity index (χ0) is 17.9. The number of carbonyl (C=O) groups excluding carboxylic acids is 1. The minimum absolute atomic E-state index is 0.234. The summed E-state index contributed by atoms with van der Waals surface area (Å²) in [6, 6.07) is 9.40. The van der Waals surface area contributed by atoms with E-state index in [0.29, 0.717) is 17.1 Å². The van der Waals surface area contributed by atoms with E-state index in [1.54, 1.807) is 12.3 Å². The van der Waals surface area contributed by atoms with Crippen molar-refractivity contribution in [3.05, 3.63) is 48.4 Å². The Hall–Kier alpha value is -2.64. The van der Waals surface area contributed by atoms with E-state index in [1.807, 2.05) is 18.2 Å². The number of pyridine rings is 1. The van der Waals surface area contributed by atoms with E-state index in [1.165, 1.54) is 12.3 Å². The van der Waals surface area contributed by atoms with Gasteiger partial charge in [-0.15, -0.1) is 0 Å². The van der Waals surface area contributed by atoms with Gasteiger partial charge in [-0.3, -0.25) is 9.78 Å². The topological polar surface area (TPSA) is 83.3 Å². The molecule has 2 aromatic heterocycles. The Morgan fingerprint density at radius 1 is 1.27 bits per heavy atom. The van der Waals surface area contributed by atoms with Crippen LogP contribution >= 0.6 is 11.8 Å². The molecular formula is C18H18ClN5O2. The lowest BCUT2D eigenvalue weighted by Crippen LogP contribution is -2.35. The molecule has 1 fully saturated rings. The van der Waals surface area contributed by atoms with Gasteiger partial charge in [-0.1, -0.05) is 5.16 Å². The lowest BCUT2D eigenvalue weighted by atomic mass is 10.0. The van der Waals surface area contributed by atoms with Crippen LogP contribution in [0.2, 0.25) is 0 Å². The van der Waals surface area contributed by atoms with Crippen molar-refractivity contribution < 1.29 is 9.32 Å². The molecule has 0 bridgehead atoms. The van der Waals surface area contributed by atoms with Gasteiger partial charge in [-0.05, 0) is 50.2 Å². The Morgan fingerprint density at radius 2 is 2.12 bits per heavy atom. The number of fused-ring (bicyclic) bond motifs is 1. The number of rotatable bonds is 4. The highest BCUT2D eigenvalue weighted by Crippen LogP contribution is 2.28. The number of hydrogen-bond acceptors (Lipinski definition) is 6. The van der Waals surface area contributed by atoms with Crippen molar-refractivity contribution in [1.82, 2.24) is 15.5 Å². The molecule has 1 saturated heterocycles. The summed E-state index contributed by atoms with van der Waals surface area (Å²) in [6.07, 6.45) is 5.15. The van der Waals surface area contributed by atoms with Crippen LogP contribution in [0.5, 0.6) is 0 Å². The van der Waals surface area contributed by atoms with E-state index in [2.05, 4.69) is 20.8 Å². The largest absolute Gasteiger partial charge is 0.382 e. The summed E-state index contributed by atoms with van der Waals surface area (Å²) in [5.41, 5.74) is 1.99. The van der Waals surface area contributed by atoms with Crippen LogP contribution < -0.4 is 15.1 Å². The number of amides is 1. The molecule has 0 aliphatic carbocycles. The summed E-state index contributed by atoms with van der Waals surface area (Å²) in [5, 5.41) is 11.5. The molecule has 0 radical (unpaired) electrons. The lowest BCUT2D eigenvalue weighted by molar-refractivity contribution is 0.101. The molecule has 3 aromatic rings. The smallest absolute Gasteiger partial charge is 0.276 e. The minimum Gasteiger partial charge on any atom is -0.382 e. The van der Waals surface area contributed by atoms with Crippen LogP contribution in [0.4, 0.5) is 11.5 Å². The average Bonchev–Trinajstić information content (AvgIpc) is 3.23. The van der Waals surface area contributed by atoms with Crippen LogP contribution in [0.25, 0.3) is 10.9 Å². The monoisotopic (exact) mass is 371 g/mol. The Bertz CT molecular complexity index is 909. The molecule has 8 heteroatoms. The molecule has 1 aliphatic rings. The number of nitrogens with zero attached hydrogens (tertiary/aromatic N) is 3. The summed E-state index contributed by atoms with van der Waals surface area (Å²) in [6.45, 7) is 2.01. The van der Waals surface area contributed by atoms with Gasteiger partial charge in [0.25, 0.3) is 5.91 Å². The molecular weight excluding hydrogens is 354 g/mol. The van der Waals surface area contributed by atoms with E-state index in [-0.39, 0.29) is 5.82 Å². The highest BCUT2D eigenvalue weighted by Gasteiger charge is 2.22. The maximum Gasteiger partial charge on any atom is 0.276 e. The van der Waals surface area contributed by atoms with Crippen molar-refractivity contribution in [3.8, 4) is 0 Å². The number of nitrogens with one attached hydrogen (secondary N) is 2. The van der Waals surface area contributed by atoms with E-state index in [9.17, 15) is 4.79 Å². The molecule has 0 unspecified atom stereocenters. The number of benzene rings is 1. The summed E-state index contributed by atoms with van der Waals surface area (Å²) >= 11 is 6.14. The molecule has 1 aliphatic heterocycles. The van der Waals surface area contributed by atoms with Crippen LogP contribution in [0.1, 0.15) is 23.2 Å². The minimum atomic E-state index is -0.405. The van der Waals surface area contributed by atoms with Crippen LogP contribution in [-0.2, 0) is 0 Å². The van der Waals surface area contributed by atoms with Gasteiger partial charge in [-0.25, -0.2) is 0 Å². The first kappa shape index (κ1) is 16.8. The third kappa shape index (κ3) is 3.23. The maximum atomic E-state index is 12.8. The lowest BCUT2D eigenvalue weighted by Gasteiger charge is -2.25. The van der Waals surface area contributed by atoms with Crippen molar-refractivity contribution in [1.29, 1.82) is 0 Å². The number of hydrogen-bond donors (Lipinski definition) is 2. The van der Waals surface area contributed by atoms with Gasteiger partial charge < -0.3 is 15.2 Å². The zero-order valence-corrected chi connectivity index (χ0v) is 14.7. The fourth-order valence-electron chi connectivity index (χ4n) is 3.17. The van der Waals surface area contributed by atoms with Crippen LogP contribution in [0.3, 0.4) is 0 Å². The molecule has 1 amide bonds. The quantitative estimate of drug-likeness (QED) is 0.685. The van der Waals surface area contributed by atoms with E-state index in [4.69, 9.17) is 16.3 Å². The standard InChI is InChI=1S/C18H18ClN5O2/c19-24(16-7-11-26-23-16)18(25)14-3-4-15(13-2-1-8-21-17(13)14)22-12-5-9-20-10-6-12/h1-4,7-8,11-12,20,22H,5-6,9-10H2. The number of carbonyl (C=O) groups is 1. The maximum absolute atomic E-state index is 12.8. The Balaban J connectivity index is 1.68. The summed E-state index contributed by atoms with van der Waals surface area (Å²) in [7, 11) is 0. The first-order valence-corrected chi connectivity index (χ1v) is 8.83. The fraction of sp³-hybridized carbons (Fsp3) is 0.278. The molecule has 2 N–H and O–H groups in total. The second-order valence-electron chi connectivity index (χ2n) is 6.17. The van der Waals surface area contributed by atoms with Gasteiger partial charge in [0.1, 0.15) is 6.26 Å². The summed E-state index contributed by atoms with van der Waals surface area (Å²) < 4.78 is 5.69. The van der Waals surface area contributed by atoms with E-state index < -0.39 is 5.91 Å². The predicted molar refractivity (Wildman–Crippen MR) is 100 cm³/mol. The highest BCUT2D eigenvalue weighted by molar-refractivity contribution is 6.40. The van der Waals surface area contributed by atoms with Crippen molar-refractivity contribution >= 4 is 40.1 Å². The van der Waals surface area contributed by atoms with E-state index >= 15 is 0 Å². The van der Waals surface area contributed by atoms with Crippen LogP contribution in [0.15, 0.2) is 47.3 Å². The Kier molecular flexibility index (Phi) is 4.73. The van der Waals surface area contributed by atoms with Gasteiger partial charge in [0.15, 0.2) is 5.82 Å². The summed E-state index contributed by atoms with van der Waals surface area (Å²) in [5.74, 6) is -0.171. The molecule has 4 rings (SSSR count). The molecule has 3 heterocycles. The Labute approximate surface area is 155 Å². The van der Waals surface area contributed by atoms with Crippen LogP contribution in [-0.4, -0.2) is 35.2 Å². The van der Waals surface area contributed by atoms with Crippen molar-refractivity contribution in [3.63, 3.8) is 0 Å². The first-order valence-electron chi connectivity index (χ1n) is 8.49. The Morgan fingerprint density at radius 3 is 2.88 bits per heavy atom. The van der Waals surface area contributed by atoms with Gasteiger partial charge in [0, 0.05) is 41.2 Å². The molecule has 7 nitrogen and oxygen atoms in total. The van der Waals surface area contributed by atoms with Crippen LogP contribution in [0, 0.1) is 0 Å². The fourth-order valence-corrected chi connectivity index (χ4v) is 3.35. The van der Waals surface area contributed by atoms with Gasteiger partial charge in [0.2, 0.25) is 0 Å². The number of aromatic nitrogens is 2. The summed E-state index contributed by atoms with van der Waals surface area (Å²) in [4.78, 5) is 17.2. The second-order valence-corrected chi connectivity index (χ2v) is 6.51. The normalized spacial score (nSPS) is 15.1. The molecule has 134 valence electrons. The third-order valence-electron chi connectivity index (χ3n) is 4.50. The molecule has 26 heavy (non-hydrogen) atoms. The molecule has 0 saturated carbocycles. The second kappa shape index (κ2) is 7.31. The van der Waals surface area contributed by atoms with Gasteiger partial charge >= 0.3 is 0 Å². The van der Waals surface area contributed by atoms with E-state index in [0.717, 1.165) is 41.4 Å². The molecule has 1 aromatic carbocycles. The third-order valence-corrected chi connectivity index (χ3v) is 4.83. The average molecular weight is 372 g/mol. The molecule has 0 spiro atoms. The number of anilines is 2. The number of piperidine rings is 1. The zero-order valence-electron chi connectivity index (χ0n) is 14.0. The number of halogens is 1. The van der Waals surface area contributed by atoms with Crippen molar-refractivity contribution in [2.75, 3.05) is 22.8 Å². The van der Waals surface area contributed by atoms with Crippen molar-refractivity contribution in [2.45, 2.75) is 18.9 Å². The predicted octanol–water partition coefficient (Wildman–Crippen LogP) is 3.19. The first-order chi connectivity index (χ1) is 12.7. The van der Waals surface area contributed by atoms with Gasteiger partial charge in [-0.2, -0.15) is 4.42 Å². The van der Waals surface area contributed by atoms with Crippen molar-refractivity contribution in [2.24, 2.45) is 0 Å².